The second kappa shape index (κ2) is 6.82. The molecule has 1 saturated heterocycles. The minimum atomic E-state index is -0.0317. The lowest BCUT2D eigenvalue weighted by atomic mass is 10.00. The molecular formula is C19H22N4O3. The molecule has 0 saturated carbocycles. The molecule has 26 heavy (non-hydrogen) atoms. The molecule has 1 aromatic heterocycles. The molecule has 0 aliphatic carbocycles. The van der Waals surface area contributed by atoms with Gasteiger partial charge in [-0.15, -0.1) is 0 Å². The fourth-order valence-corrected chi connectivity index (χ4v) is 3.40. The van der Waals surface area contributed by atoms with Crippen molar-refractivity contribution < 1.29 is 14.3 Å². The molecule has 136 valence electrons. The molecular weight excluding hydrogens is 332 g/mol. The van der Waals surface area contributed by atoms with Crippen LogP contribution in [0.15, 0.2) is 24.3 Å². The number of hydrogen-bond donors (Lipinski definition) is 1. The highest BCUT2D eigenvalue weighted by molar-refractivity contribution is 5.93. The van der Waals surface area contributed by atoms with Crippen LogP contribution >= 0.6 is 0 Å². The molecule has 2 aromatic rings. The average molecular weight is 354 g/mol. The highest BCUT2D eigenvalue weighted by Gasteiger charge is 2.23. The molecule has 0 radical (unpaired) electrons. The van der Waals surface area contributed by atoms with E-state index < -0.39 is 0 Å². The molecule has 1 aromatic carbocycles. The maximum absolute atomic E-state index is 12.8. The number of carbonyl (C=O) groups excluding carboxylic acids is 1. The van der Waals surface area contributed by atoms with Gasteiger partial charge in [0.25, 0.3) is 5.91 Å². The highest BCUT2D eigenvalue weighted by Crippen LogP contribution is 2.35. The summed E-state index contributed by atoms with van der Waals surface area (Å²) in [6.45, 7) is 5.78. The van der Waals surface area contributed by atoms with Crippen LogP contribution < -0.4 is 14.8 Å². The summed E-state index contributed by atoms with van der Waals surface area (Å²) >= 11 is 0. The van der Waals surface area contributed by atoms with Gasteiger partial charge in [0.1, 0.15) is 17.3 Å². The SMILES string of the molecule is Cc1nc(Nc2ccc3c(c2)OCO3)cc(C(=O)N2CCCC(C)C2)n1. The van der Waals surface area contributed by atoms with Crippen molar-refractivity contribution >= 4 is 17.4 Å². The van der Waals surface area contributed by atoms with E-state index in [0.29, 0.717) is 29.0 Å². The number of nitrogens with zero attached hydrogens (tertiary/aromatic N) is 3. The van der Waals surface area contributed by atoms with E-state index in [0.717, 1.165) is 30.9 Å². The van der Waals surface area contributed by atoms with Gasteiger partial charge in [0.2, 0.25) is 6.79 Å². The number of hydrogen-bond acceptors (Lipinski definition) is 6. The number of anilines is 2. The number of rotatable bonds is 3. The summed E-state index contributed by atoms with van der Waals surface area (Å²) in [6.07, 6.45) is 2.21. The molecule has 3 heterocycles. The van der Waals surface area contributed by atoms with Crippen molar-refractivity contribution in [3.8, 4) is 11.5 Å². The quantitative estimate of drug-likeness (QED) is 0.913. The first-order chi connectivity index (χ1) is 12.6. The molecule has 7 nitrogen and oxygen atoms in total. The maximum Gasteiger partial charge on any atom is 0.272 e. The third-order valence-electron chi connectivity index (χ3n) is 4.65. The molecule has 1 unspecified atom stereocenters. The van der Waals surface area contributed by atoms with Gasteiger partial charge in [0, 0.05) is 30.9 Å². The van der Waals surface area contributed by atoms with E-state index in [9.17, 15) is 4.79 Å². The molecule has 7 heteroatoms. The van der Waals surface area contributed by atoms with Crippen LogP contribution in [-0.2, 0) is 0 Å². The van der Waals surface area contributed by atoms with Gasteiger partial charge in [0.05, 0.1) is 0 Å². The Kier molecular flexibility index (Phi) is 4.36. The monoisotopic (exact) mass is 354 g/mol. The normalized spacial score (nSPS) is 18.7. The van der Waals surface area contributed by atoms with Crippen molar-refractivity contribution in [3.63, 3.8) is 0 Å². The molecule has 1 fully saturated rings. The van der Waals surface area contributed by atoms with Gasteiger partial charge in [-0.05, 0) is 37.8 Å². The van der Waals surface area contributed by atoms with Crippen molar-refractivity contribution in [2.24, 2.45) is 5.92 Å². The van der Waals surface area contributed by atoms with Gasteiger partial charge < -0.3 is 19.7 Å². The van der Waals surface area contributed by atoms with E-state index in [1.165, 1.54) is 6.42 Å². The summed E-state index contributed by atoms with van der Waals surface area (Å²) in [6, 6.07) is 7.30. The van der Waals surface area contributed by atoms with E-state index in [2.05, 4.69) is 22.2 Å². The fraction of sp³-hybridized carbons (Fsp3) is 0.421. The number of ether oxygens (including phenoxy) is 2. The Hall–Kier alpha value is -2.83. The third-order valence-corrected chi connectivity index (χ3v) is 4.65. The zero-order chi connectivity index (χ0) is 18.1. The van der Waals surface area contributed by atoms with Crippen molar-refractivity contribution in [2.75, 3.05) is 25.2 Å². The summed E-state index contributed by atoms with van der Waals surface area (Å²) in [5.41, 5.74) is 1.24. The minimum absolute atomic E-state index is 0.0317. The van der Waals surface area contributed by atoms with Gasteiger partial charge >= 0.3 is 0 Å². The Morgan fingerprint density at radius 2 is 2.08 bits per heavy atom. The van der Waals surface area contributed by atoms with Crippen LogP contribution in [0.4, 0.5) is 11.5 Å². The predicted octanol–water partition coefficient (Wildman–Crippen LogP) is 3.13. The first kappa shape index (κ1) is 16.6. The van der Waals surface area contributed by atoms with Crippen LogP contribution in [0.3, 0.4) is 0 Å². The third kappa shape index (κ3) is 3.42. The van der Waals surface area contributed by atoms with Crippen LogP contribution in [0.25, 0.3) is 0 Å². The molecule has 1 atom stereocenters. The molecule has 4 rings (SSSR count). The number of carbonyl (C=O) groups is 1. The molecule has 1 N–H and O–H groups in total. The van der Waals surface area contributed by atoms with Crippen LogP contribution in [0.1, 0.15) is 36.1 Å². The van der Waals surface area contributed by atoms with Crippen molar-refractivity contribution in [1.29, 1.82) is 0 Å². The van der Waals surface area contributed by atoms with Crippen molar-refractivity contribution in [2.45, 2.75) is 26.7 Å². The Morgan fingerprint density at radius 1 is 1.23 bits per heavy atom. The number of aryl methyl sites for hydroxylation is 1. The van der Waals surface area contributed by atoms with E-state index in [-0.39, 0.29) is 12.7 Å². The number of fused-ring (bicyclic) bond motifs is 1. The highest BCUT2D eigenvalue weighted by atomic mass is 16.7. The van der Waals surface area contributed by atoms with Crippen LogP contribution in [-0.4, -0.2) is 40.7 Å². The largest absolute Gasteiger partial charge is 0.454 e. The summed E-state index contributed by atoms with van der Waals surface area (Å²) in [7, 11) is 0. The maximum atomic E-state index is 12.8. The minimum Gasteiger partial charge on any atom is -0.454 e. The summed E-state index contributed by atoms with van der Waals surface area (Å²) in [4.78, 5) is 23.5. The van der Waals surface area contributed by atoms with Gasteiger partial charge in [-0.25, -0.2) is 9.97 Å². The summed E-state index contributed by atoms with van der Waals surface area (Å²) < 4.78 is 10.7. The zero-order valence-electron chi connectivity index (χ0n) is 15.0. The molecule has 0 spiro atoms. The van der Waals surface area contributed by atoms with Gasteiger partial charge in [-0.1, -0.05) is 6.92 Å². The topological polar surface area (TPSA) is 76.6 Å². The van der Waals surface area contributed by atoms with E-state index >= 15 is 0 Å². The molecule has 2 aliphatic rings. The molecule has 1 amide bonds. The Balaban J connectivity index is 1.55. The van der Waals surface area contributed by atoms with E-state index in [1.54, 1.807) is 13.0 Å². The first-order valence-electron chi connectivity index (χ1n) is 8.90. The number of benzene rings is 1. The zero-order valence-corrected chi connectivity index (χ0v) is 15.0. The number of amides is 1. The van der Waals surface area contributed by atoms with E-state index in [4.69, 9.17) is 9.47 Å². The van der Waals surface area contributed by atoms with Crippen molar-refractivity contribution in [1.82, 2.24) is 14.9 Å². The fourth-order valence-electron chi connectivity index (χ4n) is 3.40. The number of aromatic nitrogens is 2. The van der Waals surface area contributed by atoms with Crippen LogP contribution in [0.5, 0.6) is 11.5 Å². The Morgan fingerprint density at radius 3 is 2.92 bits per heavy atom. The predicted molar refractivity (Wildman–Crippen MR) is 96.9 cm³/mol. The van der Waals surface area contributed by atoms with E-state index in [1.807, 2.05) is 23.1 Å². The summed E-state index contributed by atoms with van der Waals surface area (Å²) in [5, 5.41) is 3.22. The Labute approximate surface area is 152 Å². The second-order valence-corrected chi connectivity index (χ2v) is 6.88. The van der Waals surface area contributed by atoms with Crippen LogP contribution in [0, 0.1) is 12.8 Å². The lowest BCUT2D eigenvalue weighted by molar-refractivity contribution is 0.0676. The lowest BCUT2D eigenvalue weighted by Crippen LogP contribution is -2.39. The van der Waals surface area contributed by atoms with Crippen molar-refractivity contribution in [3.05, 3.63) is 35.8 Å². The van der Waals surface area contributed by atoms with Gasteiger partial charge in [-0.3, -0.25) is 4.79 Å². The first-order valence-corrected chi connectivity index (χ1v) is 8.90. The molecule has 2 aliphatic heterocycles. The standard InChI is InChI=1S/C19H22N4O3/c1-12-4-3-7-23(10-12)19(24)15-9-18(21-13(2)20-15)22-14-5-6-16-17(8-14)26-11-25-16/h5-6,8-9,12H,3-4,7,10-11H2,1-2H3,(H,20,21,22). The number of likely N-dealkylation sites (tertiary alicyclic amines) is 1. The smallest absolute Gasteiger partial charge is 0.272 e. The average Bonchev–Trinajstić information content (AvgIpc) is 3.08. The Bertz CT molecular complexity index is 840. The number of piperidine rings is 1. The second-order valence-electron chi connectivity index (χ2n) is 6.88. The number of nitrogens with one attached hydrogen (secondary N) is 1. The lowest BCUT2D eigenvalue weighted by Gasteiger charge is -2.30. The molecule has 0 bridgehead atoms. The van der Waals surface area contributed by atoms with Crippen LogP contribution in [0.2, 0.25) is 0 Å². The van der Waals surface area contributed by atoms with Gasteiger partial charge in [0.15, 0.2) is 11.5 Å². The summed E-state index contributed by atoms with van der Waals surface area (Å²) in [5.74, 6) is 3.07. The van der Waals surface area contributed by atoms with Gasteiger partial charge in [-0.2, -0.15) is 0 Å².